The molecule has 0 bridgehead atoms. The molecule has 2 heterocycles. The van der Waals surface area contributed by atoms with Crippen molar-refractivity contribution in [3.63, 3.8) is 0 Å². The fourth-order valence-electron chi connectivity index (χ4n) is 1.71. The predicted molar refractivity (Wildman–Crippen MR) is 81.0 cm³/mol. The first kappa shape index (κ1) is 14.5. The van der Waals surface area contributed by atoms with Crippen LogP contribution in [0.25, 0.3) is 0 Å². The monoisotopic (exact) mass is 290 g/mol. The summed E-state index contributed by atoms with van der Waals surface area (Å²) in [6.07, 6.45) is 4.40. The number of thiazole rings is 1. The van der Waals surface area contributed by atoms with E-state index in [4.69, 9.17) is 0 Å². The fourth-order valence-corrected chi connectivity index (χ4v) is 2.36. The number of hydrogen-bond acceptors (Lipinski definition) is 5. The first-order chi connectivity index (χ1) is 9.70. The van der Waals surface area contributed by atoms with Crippen molar-refractivity contribution in [2.24, 2.45) is 0 Å². The maximum atomic E-state index is 12.2. The van der Waals surface area contributed by atoms with Gasteiger partial charge in [0.25, 0.3) is 5.91 Å². The van der Waals surface area contributed by atoms with Crippen LogP contribution in [-0.2, 0) is 0 Å². The average Bonchev–Trinajstić information content (AvgIpc) is 2.99. The zero-order chi connectivity index (χ0) is 14.4. The van der Waals surface area contributed by atoms with Gasteiger partial charge in [0.1, 0.15) is 10.7 Å². The number of carbonyl (C=O) groups excluding carboxylic acids is 1. The summed E-state index contributed by atoms with van der Waals surface area (Å²) in [7, 11) is 0. The van der Waals surface area contributed by atoms with Crippen LogP contribution >= 0.6 is 11.3 Å². The minimum atomic E-state index is -0.187. The van der Waals surface area contributed by atoms with Crippen molar-refractivity contribution in [1.82, 2.24) is 15.3 Å². The molecule has 2 aromatic rings. The molecule has 0 aliphatic carbocycles. The molecule has 1 unspecified atom stereocenters. The molecule has 0 aliphatic heterocycles. The van der Waals surface area contributed by atoms with Gasteiger partial charge in [-0.1, -0.05) is 6.92 Å². The number of nitrogens with one attached hydrogen (secondary N) is 2. The largest absolute Gasteiger partial charge is 0.385 e. The van der Waals surface area contributed by atoms with E-state index in [-0.39, 0.29) is 11.9 Å². The SMILES string of the molecule is CCCNc1ccnc(C(=O)NC(C)c2nccs2)c1. The van der Waals surface area contributed by atoms with Crippen LogP contribution in [0, 0.1) is 0 Å². The van der Waals surface area contributed by atoms with Crippen molar-refractivity contribution in [2.45, 2.75) is 26.3 Å². The zero-order valence-corrected chi connectivity index (χ0v) is 12.4. The van der Waals surface area contributed by atoms with Gasteiger partial charge in [-0.2, -0.15) is 0 Å². The van der Waals surface area contributed by atoms with Gasteiger partial charge >= 0.3 is 0 Å². The first-order valence-corrected chi connectivity index (χ1v) is 7.49. The third kappa shape index (κ3) is 3.77. The number of pyridine rings is 1. The Hall–Kier alpha value is -1.95. The molecule has 0 saturated carbocycles. The summed E-state index contributed by atoms with van der Waals surface area (Å²) in [6.45, 7) is 4.88. The van der Waals surface area contributed by atoms with Crippen LogP contribution in [0.4, 0.5) is 5.69 Å². The summed E-state index contributed by atoms with van der Waals surface area (Å²) in [5, 5.41) is 8.92. The Labute approximate surface area is 122 Å². The molecule has 0 spiro atoms. The second-order valence-electron chi connectivity index (χ2n) is 4.42. The van der Waals surface area contributed by atoms with E-state index < -0.39 is 0 Å². The Balaban J connectivity index is 2.01. The number of carbonyl (C=O) groups is 1. The predicted octanol–water partition coefficient (Wildman–Crippen LogP) is 2.85. The topological polar surface area (TPSA) is 66.9 Å². The second-order valence-corrected chi connectivity index (χ2v) is 5.35. The van der Waals surface area contributed by atoms with Gasteiger partial charge in [0, 0.05) is 30.0 Å². The van der Waals surface area contributed by atoms with Crippen molar-refractivity contribution in [1.29, 1.82) is 0 Å². The van der Waals surface area contributed by atoms with Gasteiger partial charge in [0.2, 0.25) is 0 Å². The Morgan fingerprint density at radius 3 is 2.95 bits per heavy atom. The van der Waals surface area contributed by atoms with Gasteiger partial charge in [-0.05, 0) is 25.5 Å². The Morgan fingerprint density at radius 2 is 2.25 bits per heavy atom. The Bertz CT molecular complexity index is 556. The van der Waals surface area contributed by atoms with Crippen molar-refractivity contribution in [2.75, 3.05) is 11.9 Å². The van der Waals surface area contributed by atoms with Crippen molar-refractivity contribution < 1.29 is 4.79 Å². The third-order valence-electron chi connectivity index (χ3n) is 2.74. The van der Waals surface area contributed by atoms with Gasteiger partial charge in [0.15, 0.2) is 0 Å². The Morgan fingerprint density at radius 1 is 1.40 bits per heavy atom. The Kier molecular flexibility index (Phi) is 5.06. The second kappa shape index (κ2) is 7.00. The summed E-state index contributed by atoms with van der Waals surface area (Å²) >= 11 is 1.52. The molecule has 1 atom stereocenters. The number of anilines is 1. The summed E-state index contributed by atoms with van der Waals surface area (Å²) in [4.78, 5) is 20.5. The van der Waals surface area contributed by atoms with E-state index in [1.165, 1.54) is 11.3 Å². The highest BCUT2D eigenvalue weighted by Crippen LogP contribution is 2.15. The highest BCUT2D eigenvalue weighted by Gasteiger charge is 2.14. The van der Waals surface area contributed by atoms with Crippen LogP contribution in [0.5, 0.6) is 0 Å². The molecule has 2 N–H and O–H groups in total. The molecule has 1 amide bonds. The fraction of sp³-hybridized carbons (Fsp3) is 0.357. The molecule has 5 nitrogen and oxygen atoms in total. The summed E-state index contributed by atoms with van der Waals surface area (Å²) in [5.74, 6) is -0.187. The lowest BCUT2D eigenvalue weighted by Gasteiger charge is -2.11. The highest BCUT2D eigenvalue weighted by molar-refractivity contribution is 7.09. The molecule has 0 saturated heterocycles. The van der Waals surface area contributed by atoms with Crippen LogP contribution in [0.1, 0.15) is 41.8 Å². The van der Waals surface area contributed by atoms with Crippen LogP contribution in [0.2, 0.25) is 0 Å². The zero-order valence-electron chi connectivity index (χ0n) is 11.6. The van der Waals surface area contributed by atoms with Crippen LogP contribution in [-0.4, -0.2) is 22.4 Å². The van der Waals surface area contributed by atoms with Crippen LogP contribution in [0.15, 0.2) is 29.9 Å². The maximum Gasteiger partial charge on any atom is 0.270 e. The van der Waals surface area contributed by atoms with Crippen molar-refractivity contribution in [3.8, 4) is 0 Å². The van der Waals surface area contributed by atoms with E-state index in [1.807, 2.05) is 18.4 Å². The van der Waals surface area contributed by atoms with Gasteiger partial charge in [0.05, 0.1) is 6.04 Å². The molecule has 6 heteroatoms. The minimum absolute atomic E-state index is 0.114. The molecule has 2 aromatic heterocycles. The first-order valence-electron chi connectivity index (χ1n) is 6.61. The number of nitrogens with zero attached hydrogens (tertiary/aromatic N) is 2. The summed E-state index contributed by atoms with van der Waals surface area (Å²) < 4.78 is 0. The van der Waals surface area contributed by atoms with Gasteiger partial charge in [-0.15, -0.1) is 11.3 Å². The maximum absolute atomic E-state index is 12.2. The number of rotatable bonds is 6. The summed E-state index contributed by atoms with van der Waals surface area (Å²) in [5.41, 5.74) is 1.32. The van der Waals surface area contributed by atoms with Crippen LogP contribution < -0.4 is 10.6 Å². The number of amides is 1. The molecule has 0 aliphatic rings. The molecule has 2 rings (SSSR count). The van der Waals surface area contributed by atoms with E-state index in [0.717, 1.165) is 23.7 Å². The van der Waals surface area contributed by atoms with Gasteiger partial charge in [-0.3, -0.25) is 9.78 Å². The lowest BCUT2D eigenvalue weighted by Crippen LogP contribution is -2.27. The molecule has 106 valence electrons. The lowest BCUT2D eigenvalue weighted by molar-refractivity contribution is 0.0935. The summed E-state index contributed by atoms with van der Waals surface area (Å²) in [6, 6.07) is 3.51. The number of hydrogen-bond donors (Lipinski definition) is 2. The minimum Gasteiger partial charge on any atom is -0.385 e. The van der Waals surface area contributed by atoms with E-state index >= 15 is 0 Å². The lowest BCUT2D eigenvalue weighted by atomic mass is 10.2. The standard InChI is InChI=1S/C14H18N4OS/c1-3-5-15-11-4-6-16-12(9-11)13(19)18-10(2)14-17-7-8-20-14/h4,6-10H,3,5H2,1-2H3,(H,15,16)(H,18,19). The van der Waals surface area contributed by atoms with E-state index in [2.05, 4.69) is 27.5 Å². The smallest absolute Gasteiger partial charge is 0.270 e. The molecule has 0 fully saturated rings. The quantitative estimate of drug-likeness (QED) is 0.858. The van der Waals surface area contributed by atoms with E-state index in [0.29, 0.717) is 5.69 Å². The molecule has 0 radical (unpaired) electrons. The highest BCUT2D eigenvalue weighted by atomic mass is 32.1. The van der Waals surface area contributed by atoms with Crippen molar-refractivity contribution >= 4 is 22.9 Å². The normalized spacial score (nSPS) is 11.9. The van der Waals surface area contributed by atoms with E-state index in [1.54, 1.807) is 18.5 Å². The number of aromatic nitrogens is 2. The average molecular weight is 290 g/mol. The van der Waals surface area contributed by atoms with Crippen LogP contribution in [0.3, 0.4) is 0 Å². The van der Waals surface area contributed by atoms with Crippen molar-refractivity contribution in [3.05, 3.63) is 40.6 Å². The molecular formula is C14H18N4OS. The van der Waals surface area contributed by atoms with Gasteiger partial charge < -0.3 is 10.6 Å². The van der Waals surface area contributed by atoms with E-state index in [9.17, 15) is 4.79 Å². The van der Waals surface area contributed by atoms with Gasteiger partial charge in [-0.25, -0.2) is 4.98 Å². The molecule has 20 heavy (non-hydrogen) atoms. The molecular weight excluding hydrogens is 272 g/mol. The third-order valence-corrected chi connectivity index (χ3v) is 3.70. The molecule has 0 aromatic carbocycles.